The number of rotatable bonds is 5. The van der Waals surface area contributed by atoms with Crippen LogP contribution >= 0.6 is 11.3 Å². The highest BCUT2D eigenvalue weighted by Gasteiger charge is 2.15. The molecule has 0 radical (unpaired) electrons. The number of thiazole rings is 1. The molecule has 2 N–H and O–H groups in total. The van der Waals surface area contributed by atoms with Gasteiger partial charge in [0, 0.05) is 73.6 Å². The molecule has 1 aromatic carbocycles. The first kappa shape index (κ1) is 18.9. The molecule has 0 saturated carbocycles. The van der Waals surface area contributed by atoms with Gasteiger partial charge in [-0.1, -0.05) is 12.1 Å². The standard InChI is InChI=1S/C21H21N7OS/c29-20(18-11-23-4-5-24-18)25-16-3-1-2-15(10-16)19-13-28-17(14-30-21(28)26-19)12-27-8-6-22-7-9-27/h1-5,10-11,13-14,22H,6-9,12H2,(H,25,29). The minimum atomic E-state index is -0.288. The Morgan fingerprint density at radius 1 is 1.23 bits per heavy atom. The Labute approximate surface area is 177 Å². The van der Waals surface area contributed by atoms with Gasteiger partial charge in [-0.25, -0.2) is 9.97 Å². The maximum Gasteiger partial charge on any atom is 0.275 e. The van der Waals surface area contributed by atoms with Gasteiger partial charge < -0.3 is 10.6 Å². The van der Waals surface area contributed by atoms with Crippen molar-refractivity contribution >= 4 is 27.9 Å². The summed E-state index contributed by atoms with van der Waals surface area (Å²) < 4.78 is 2.17. The Morgan fingerprint density at radius 3 is 2.97 bits per heavy atom. The van der Waals surface area contributed by atoms with Crippen molar-refractivity contribution in [3.8, 4) is 11.3 Å². The molecule has 1 aliphatic heterocycles. The molecule has 4 aromatic rings. The van der Waals surface area contributed by atoms with Crippen LogP contribution in [-0.2, 0) is 6.54 Å². The number of benzene rings is 1. The summed E-state index contributed by atoms with van der Waals surface area (Å²) in [4.78, 5) is 28.6. The van der Waals surface area contributed by atoms with Crippen LogP contribution in [0, 0.1) is 0 Å². The number of aromatic nitrogens is 4. The molecule has 1 fully saturated rings. The number of amides is 1. The molecule has 9 heteroatoms. The summed E-state index contributed by atoms with van der Waals surface area (Å²) in [5, 5.41) is 8.45. The topological polar surface area (TPSA) is 87.5 Å². The number of hydrogen-bond donors (Lipinski definition) is 2. The zero-order chi connectivity index (χ0) is 20.3. The van der Waals surface area contributed by atoms with Crippen LogP contribution < -0.4 is 10.6 Å². The number of nitrogens with one attached hydrogen (secondary N) is 2. The van der Waals surface area contributed by atoms with Crippen molar-refractivity contribution in [3.63, 3.8) is 0 Å². The largest absolute Gasteiger partial charge is 0.321 e. The predicted molar refractivity (Wildman–Crippen MR) is 117 cm³/mol. The second kappa shape index (κ2) is 8.31. The number of hydrogen-bond acceptors (Lipinski definition) is 7. The summed E-state index contributed by atoms with van der Waals surface area (Å²) in [6.07, 6.45) is 6.56. The summed E-state index contributed by atoms with van der Waals surface area (Å²) >= 11 is 1.65. The molecule has 152 valence electrons. The van der Waals surface area contributed by atoms with E-state index in [9.17, 15) is 4.79 Å². The van der Waals surface area contributed by atoms with Crippen LogP contribution in [0.5, 0.6) is 0 Å². The predicted octanol–water partition coefficient (Wildman–Crippen LogP) is 2.51. The average molecular weight is 420 g/mol. The summed E-state index contributed by atoms with van der Waals surface area (Å²) in [7, 11) is 0. The molecule has 30 heavy (non-hydrogen) atoms. The summed E-state index contributed by atoms with van der Waals surface area (Å²) in [6.45, 7) is 5.12. The molecule has 3 aromatic heterocycles. The Kier molecular flexibility index (Phi) is 5.22. The molecule has 1 aliphatic rings. The number of fused-ring (bicyclic) bond motifs is 1. The molecule has 5 rings (SSSR count). The van der Waals surface area contributed by atoms with Crippen LogP contribution in [-0.4, -0.2) is 56.3 Å². The maximum atomic E-state index is 12.4. The van der Waals surface area contributed by atoms with E-state index < -0.39 is 0 Å². The third kappa shape index (κ3) is 3.95. The second-order valence-electron chi connectivity index (χ2n) is 7.16. The molecule has 0 atom stereocenters. The average Bonchev–Trinajstić information content (AvgIpc) is 3.37. The highest BCUT2D eigenvalue weighted by molar-refractivity contribution is 7.15. The highest BCUT2D eigenvalue weighted by Crippen LogP contribution is 2.26. The first-order valence-corrected chi connectivity index (χ1v) is 10.7. The van der Waals surface area contributed by atoms with Crippen molar-refractivity contribution in [1.29, 1.82) is 0 Å². The van der Waals surface area contributed by atoms with Crippen molar-refractivity contribution in [3.05, 3.63) is 65.8 Å². The first-order valence-electron chi connectivity index (χ1n) is 9.82. The fourth-order valence-corrected chi connectivity index (χ4v) is 4.41. The molecule has 0 unspecified atom stereocenters. The number of piperazine rings is 1. The third-order valence-electron chi connectivity index (χ3n) is 5.09. The molecule has 0 aliphatic carbocycles. The van der Waals surface area contributed by atoms with E-state index in [0.717, 1.165) is 48.9 Å². The van der Waals surface area contributed by atoms with E-state index in [1.54, 1.807) is 11.3 Å². The smallest absolute Gasteiger partial charge is 0.275 e. The summed E-state index contributed by atoms with van der Waals surface area (Å²) in [5.41, 5.74) is 4.07. The molecular formula is C21H21N7OS. The molecule has 4 heterocycles. The van der Waals surface area contributed by atoms with Crippen molar-refractivity contribution in [1.82, 2.24) is 29.6 Å². The van der Waals surface area contributed by atoms with E-state index in [1.165, 1.54) is 24.3 Å². The van der Waals surface area contributed by atoms with Crippen molar-refractivity contribution in [2.75, 3.05) is 31.5 Å². The highest BCUT2D eigenvalue weighted by atomic mass is 32.1. The lowest BCUT2D eigenvalue weighted by Gasteiger charge is -2.26. The van der Waals surface area contributed by atoms with E-state index in [-0.39, 0.29) is 11.6 Å². The van der Waals surface area contributed by atoms with Gasteiger partial charge in [-0.05, 0) is 12.1 Å². The van der Waals surface area contributed by atoms with E-state index in [1.807, 2.05) is 24.3 Å². The number of imidazole rings is 1. The Balaban J connectivity index is 1.36. The third-order valence-corrected chi connectivity index (χ3v) is 5.98. The second-order valence-corrected chi connectivity index (χ2v) is 7.99. The van der Waals surface area contributed by atoms with Crippen LogP contribution in [0.1, 0.15) is 16.2 Å². The fraction of sp³-hybridized carbons (Fsp3) is 0.238. The zero-order valence-electron chi connectivity index (χ0n) is 16.3. The van der Waals surface area contributed by atoms with E-state index in [0.29, 0.717) is 5.69 Å². The number of nitrogens with zero attached hydrogens (tertiary/aromatic N) is 5. The lowest BCUT2D eigenvalue weighted by Crippen LogP contribution is -2.43. The Morgan fingerprint density at radius 2 is 2.13 bits per heavy atom. The van der Waals surface area contributed by atoms with Gasteiger partial charge in [0.15, 0.2) is 4.96 Å². The van der Waals surface area contributed by atoms with Gasteiger partial charge in [0.2, 0.25) is 0 Å². The lowest BCUT2D eigenvalue weighted by atomic mass is 10.1. The fourth-order valence-electron chi connectivity index (χ4n) is 3.55. The van der Waals surface area contributed by atoms with Crippen molar-refractivity contribution < 1.29 is 4.79 Å². The van der Waals surface area contributed by atoms with Crippen LogP contribution in [0.15, 0.2) is 54.4 Å². The van der Waals surface area contributed by atoms with Crippen molar-refractivity contribution in [2.45, 2.75) is 6.54 Å². The Hall–Kier alpha value is -3.14. The Bertz CT molecular complexity index is 1160. The number of carbonyl (C=O) groups is 1. The lowest BCUT2D eigenvalue weighted by molar-refractivity contribution is 0.102. The minimum absolute atomic E-state index is 0.281. The first-order chi connectivity index (χ1) is 14.8. The summed E-state index contributed by atoms with van der Waals surface area (Å²) in [6, 6.07) is 7.69. The molecule has 1 amide bonds. The minimum Gasteiger partial charge on any atom is -0.321 e. The quantitative estimate of drug-likeness (QED) is 0.517. The SMILES string of the molecule is O=C(Nc1cccc(-c2cn3c(CN4CCNCC4)csc3n2)c1)c1cnccn1. The van der Waals surface area contributed by atoms with Crippen LogP contribution in [0.3, 0.4) is 0 Å². The maximum absolute atomic E-state index is 12.4. The molecule has 8 nitrogen and oxygen atoms in total. The van der Waals surface area contributed by atoms with Gasteiger partial charge in [0.25, 0.3) is 5.91 Å². The van der Waals surface area contributed by atoms with Crippen LogP contribution in [0.25, 0.3) is 16.2 Å². The molecule has 0 spiro atoms. The van der Waals surface area contributed by atoms with Gasteiger partial charge in [-0.2, -0.15) is 0 Å². The van der Waals surface area contributed by atoms with E-state index in [4.69, 9.17) is 4.98 Å². The van der Waals surface area contributed by atoms with E-state index in [2.05, 4.69) is 41.5 Å². The van der Waals surface area contributed by atoms with Crippen molar-refractivity contribution in [2.24, 2.45) is 0 Å². The zero-order valence-corrected chi connectivity index (χ0v) is 17.1. The van der Waals surface area contributed by atoms with Gasteiger partial charge in [0.05, 0.1) is 11.9 Å². The van der Waals surface area contributed by atoms with Gasteiger partial charge in [0.1, 0.15) is 5.69 Å². The molecular weight excluding hydrogens is 398 g/mol. The van der Waals surface area contributed by atoms with Gasteiger partial charge in [-0.15, -0.1) is 11.3 Å². The normalized spacial score (nSPS) is 14.8. The molecule has 1 saturated heterocycles. The number of carbonyl (C=O) groups excluding carboxylic acids is 1. The van der Waals surface area contributed by atoms with Crippen LogP contribution in [0.4, 0.5) is 5.69 Å². The van der Waals surface area contributed by atoms with Crippen LogP contribution in [0.2, 0.25) is 0 Å². The monoisotopic (exact) mass is 419 g/mol. The van der Waals surface area contributed by atoms with E-state index >= 15 is 0 Å². The van der Waals surface area contributed by atoms with Gasteiger partial charge in [-0.3, -0.25) is 19.1 Å². The van der Waals surface area contributed by atoms with Gasteiger partial charge >= 0.3 is 0 Å². The molecule has 0 bridgehead atoms. The summed E-state index contributed by atoms with van der Waals surface area (Å²) in [5.74, 6) is -0.288. The number of anilines is 1.